The molecule has 0 bridgehead atoms. The van der Waals surface area contributed by atoms with Crippen LogP contribution in [0.15, 0.2) is 60.9 Å². The lowest BCUT2D eigenvalue weighted by Crippen LogP contribution is -2.30. The summed E-state index contributed by atoms with van der Waals surface area (Å²) in [5.41, 5.74) is 3.06. The summed E-state index contributed by atoms with van der Waals surface area (Å²) in [6.07, 6.45) is 4.40. The number of ether oxygens (including phenoxy) is 1. The summed E-state index contributed by atoms with van der Waals surface area (Å²) < 4.78 is 7.34. The number of carbonyl (C=O) groups is 1. The van der Waals surface area contributed by atoms with Crippen molar-refractivity contribution < 1.29 is 9.53 Å². The fourth-order valence-electron chi connectivity index (χ4n) is 2.55. The van der Waals surface area contributed by atoms with Crippen molar-refractivity contribution >= 4 is 17.5 Å². The second-order valence-corrected chi connectivity index (χ2v) is 6.35. The summed E-state index contributed by atoms with van der Waals surface area (Å²) in [7, 11) is 0. The Kier molecular flexibility index (Phi) is 5.92. The number of amides is 1. The van der Waals surface area contributed by atoms with Crippen LogP contribution in [0.3, 0.4) is 0 Å². The van der Waals surface area contributed by atoms with Crippen molar-refractivity contribution in [2.24, 2.45) is 0 Å². The second kappa shape index (κ2) is 8.54. The lowest BCUT2D eigenvalue weighted by Gasteiger charge is -2.10. The van der Waals surface area contributed by atoms with Gasteiger partial charge < -0.3 is 10.1 Å². The second-order valence-electron chi connectivity index (χ2n) is 5.92. The first kappa shape index (κ1) is 18.0. The molecule has 134 valence electrons. The van der Waals surface area contributed by atoms with E-state index in [1.54, 1.807) is 18.3 Å². The summed E-state index contributed by atoms with van der Waals surface area (Å²) in [6.45, 7) is 2.44. The van der Waals surface area contributed by atoms with Crippen molar-refractivity contribution in [2.45, 2.75) is 13.3 Å². The molecule has 0 spiro atoms. The molecule has 0 aliphatic carbocycles. The molecular weight excluding hydrogens is 350 g/mol. The van der Waals surface area contributed by atoms with Crippen molar-refractivity contribution in [3.63, 3.8) is 0 Å². The smallest absolute Gasteiger partial charge is 0.257 e. The molecule has 6 heteroatoms. The van der Waals surface area contributed by atoms with Crippen LogP contribution in [-0.2, 0) is 11.2 Å². The van der Waals surface area contributed by atoms with E-state index in [1.165, 1.54) is 0 Å². The molecule has 0 aliphatic rings. The van der Waals surface area contributed by atoms with Gasteiger partial charge in [0.1, 0.15) is 5.75 Å². The van der Waals surface area contributed by atoms with Gasteiger partial charge in [-0.15, -0.1) is 0 Å². The van der Waals surface area contributed by atoms with Crippen LogP contribution >= 0.6 is 11.6 Å². The molecule has 0 unspecified atom stereocenters. The Balaban J connectivity index is 1.42. The molecule has 0 atom stereocenters. The van der Waals surface area contributed by atoms with E-state index < -0.39 is 0 Å². The molecule has 0 saturated heterocycles. The van der Waals surface area contributed by atoms with Gasteiger partial charge in [-0.05, 0) is 60.9 Å². The Morgan fingerprint density at radius 2 is 2.04 bits per heavy atom. The van der Waals surface area contributed by atoms with Gasteiger partial charge in [0.15, 0.2) is 6.61 Å². The minimum absolute atomic E-state index is 0.0132. The molecule has 2 aromatic carbocycles. The molecular formula is C20H20ClN3O2. The summed E-state index contributed by atoms with van der Waals surface area (Å²) >= 11 is 5.91. The highest BCUT2D eigenvalue weighted by Crippen LogP contribution is 2.21. The third-order valence-corrected chi connectivity index (χ3v) is 4.17. The number of nitrogens with one attached hydrogen (secondary N) is 1. The fraction of sp³-hybridized carbons (Fsp3) is 0.200. The van der Waals surface area contributed by atoms with Crippen molar-refractivity contribution in [3.05, 3.63) is 77.1 Å². The summed E-state index contributed by atoms with van der Waals surface area (Å²) in [5.74, 6) is 0.520. The molecule has 1 aromatic heterocycles. The maximum atomic E-state index is 11.9. The SMILES string of the molecule is Cc1cc(Cl)ccc1OCC(=O)NCCc1ccc(-n2cccn2)cc1. The monoisotopic (exact) mass is 369 g/mol. The number of carbonyl (C=O) groups excluding carboxylic acids is 1. The van der Waals surface area contributed by atoms with Crippen LogP contribution in [0.5, 0.6) is 5.75 Å². The average Bonchev–Trinajstić information content (AvgIpc) is 3.16. The number of aromatic nitrogens is 2. The van der Waals surface area contributed by atoms with Gasteiger partial charge in [-0.25, -0.2) is 4.68 Å². The highest BCUT2D eigenvalue weighted by atomic mass is 35.5. The Morgan fingerprint density at radius 1 is 1.23 bits per heavy atom. The minimum Gasteiger partial charge on any atom is -0.484 e. The first-order valence-corrected chi connectivity index (χ1v) is 8.74. The van der Waals surface area contributed by atoms with Crippen LogP contribution in [0.25, 0.3) is 5.69 Å². The maximum Gasteiger partial charge on any atom is 0.257 e. The normalized spacial score (nSPS) is 10.5. The Labute approximate surface area is 157 Å². The number of aryl methyl sites for hydroxylation is 1. The van der Waals surface area contributed by atoms with Crippen LogP contribution in [0, 0.1) is 6.92 Å². The number of hydrogen-bond donors (Lipinski definition) is 1. The zero-order chi connectivity index (χ0) is 18.4. The molecule has 5 nitrogen and oxygen atoms in total. The Morgan fingerprint density at radius 3 is 2.73 bits per heavy atom. The average molecular weight is 370 g/mol. The van der Waals surface area contributed by atoms with Crippen molar-refractivity contribution in [1.29, 1.82) is 0 Å². The van der Waals surface area contributed by atoms with Crippen LogP contribution in [0.4, 0.5) is 0 Å². The summed E-state index contributed by atoms with van der Waals surface area (Å²) in [5, 5.41) is 7.71. The molecule has 1 N–H and O–H groups in total. The summed E-state index contributed by atoms with van der Waals surface area (Å²) in [4.78, 5) is 11.9. The lowest BCUT2D eigenvalue weighted by molar-refractivity contribution is -0.123. The van der Waals surface area contributed by atoms with Crippen LogP contribution in [0.2, 0.25) is 5.02 Å². The van der Waals surface area contributed by atoms with E-state index in [-0.39, 0.29) is 12.5 Å². The van der Waals surface area contributed by atoms with Gasteiger partial charge in [0.2, 0.25) is 0 Å². The predicted molar refractivity (Wildman–Crippen MR) is 102 cm³/mol. The van der Waals surface area contributed by atoms with Gasteiger partial charge >= 0.3 is 0 Å². The number of benzene rings is 2. The number of hydrogen-bond acceptors (Lipinski definition) is 3. The number of halogens is 1. The van der Waals surface area contributed by atoms with Crippen molar-refractivity contribution in [3.8, 4) is 11.4 Å². The molecule has 0 radical (unpaired) electrons. The molecule has 1 amide bonds. The van der Waals surface area contributed by atoms with E-state index in [9.17, 15) is 4.79 Å². The quantitative estimate of drug-likeness (QED) is 0.692. The van der Waals surface area contributed by atoms with E-state index in [0.29, 0.717) is 17.3 Å². The zero-order valence-electron chi connectivity index (χ0n) is 14.5. The van der Waals surface area contributed by atoms with Gasteiger partial charge in [-0.1, -0.05) is 23.7 Å². The minimum atomic E-state index is -0.146. The molecule has 0 fully saturated rings. The lowest BCUT2D eigenvalue weighted by atomic mass is 10.1. The zero-order valence-corrected chi connectivity index (χ0v) is 15.2. The molecule has 3 rings (SSSR count). The van der Waals surface area contributed by atoms with Crippen molar-refractivity contribution in [1.82, 2.24) is 15.1 Å². The maximum absolute atomic E-state index is 11.9. The third kappa shape index (κ3) is 4.86. The van der Waals surface area contributed by atoms with Gasteiger partial charge in [-0.3, -0.25) is 4.79 Å². The molecule has 26 heavy (non-hydrogen) atoms. The first-order valence-electron chi connectivity index (χ1n) is 8.36. The number of rotatable bonds is 7. The first-order chi connectivity index (χ1) is 12.6. The predicted octanol–water partition coefficient (Wildman–Crippen LogP) is 3.57. The van der Waals surface area contributed by atoms with E-state index in [0.717, 1.165) is 23.2 Å². The van der Waals surface area contributed by atoms with E-state index in [2.05, 4.69) is 10.4 Å². The molecule has 1 heterocycles. The molecule has 0 aliphatic heterocycles. The molecule has 3 aromatic rings. The van der Waals surface area contributed by atoms with Crippen molar-refractivity contribution in [2.75, 3.05) is 13.2 Å². The largest absolute Gasteiger partial charge is 0.484 e. The Hall–Kier alpha value is -2.79. The van der Waals surface area contributed by atoms with Gasteiger partial charge in [0, 0.05) is 24.0 Å². The topological polar surface area (TPSA) is 56.1 Å². The van der Waals surface area contributed by atoms with Crippen LogP contribution < -0.4 is 10.1 Å². The number of nitrogens with zero attached hydrogens (tertiary/aromatic N) is 2. The summed E-state index contributed by atoms with van der Waals surface area (Å²) in [6, 6.07) is 15.3. The Bertz CT molecular complexity index is 861. The fourth-order valence-corrected chi connectivity index (χ4v) is 2.78. The van der Waals surface area contributed by atoms with E-state index >= 15 is 0 Å². The third-order valence-electron chi connectivity index (χ3n) is 3.94. The van der Waals surface area contributed by atoms with E-state index in [1.807, 2.05) is 54.2 Å². The van der Waals surface area contributed by atoms with Gasteiger partial charge in [0.05, 0.1) is 5.69 Å². The molecule has 0 saturated carbocycles. The van der Waals surface area contributed by atoms with Crippen LogP contribution in [-0.4, -0.2) is 28.8 Å². The van der Waals surface area contributed by atoms with Gasteiger partial charge in [0.25, 0.3) is 5.91 Å². The van der Waals surface area contributed by atoms with Gasteiger partial charge in [-0.2, -0.15) is 5.10 Å². The van der Waals surface area contributed by atoms with E-state index in [4.69, 9.17) is 16.3 Å². The van der Waals surface area contributed by atoms with Crippen LogP contribution in [0.1, 0.15) is 11.1 Å². The highest BCUT2D eigenvalue weighted by molar-refractivity contribution is 6.30. The highest BCUT2D eigenvalue weighted by Gasteiger charge is 2.05. The standard InChI is InChI=1S/C20H20ClN3O2/c1-15-13-17(21)5-8-19(15)26-14-20(25)22-11-9-16-3-6-18(7-4-16)24-12-2-10-23-24/h2-8,10,12-13H,9,11,14H2,1H3,(H,22,25).